The second-order valence-electron chi connectivity index (χ2n) is 5.11. The molecule has 0 fully saturated rings. The van der Waals surface area contributed by atoms with E-state index in [0.717, 1.165) is 26.7 Å². The molecule has 22 heavy (non-hydrogen) atoms. The number of nitrogens with zero attached hydrogens (tertiary/aromatic N) is 2. The van der Waals surface area contributed by atoms with Crippen LogP contribution < -0.4 is 0 Å². The normalized spacial score (nSPS) is 11.4. The first-order valence-corrected chi connectivity index (χ1v) is 7.52. The van der Waals surface area contributed by atoms with Crippen LogP contribution in [0, 0.1) is 6.92 Å². The Morgan fingerprint density at radius 1 is 1.27 bits per heavy atom. The minimum atomic E-state index is -4.55. The molecule has 0 spiro atoms. The van der Waals surface area contributed by atoms with Crippen LogP contribution in [0.5, 0.6) is 0 Å². The Bertz CT molecular complexity index is 553. The highest BCUT2D eigenvalue weighted by Gasteiger charge is 2.35. The number of carbonyl (C=O) groups is 2. The van der Waals surface area contributed by atoms with Crippen molar-refractivity contribution in [2.45, 2.75) is 26.4 Å². The summed E-state index contributed by atoms with van der Waals surface area (Å²) in [5.74, 6) is -1.32. The fourth-order valence-corrected chi connectivity index (χ4v) is 2.93. The van der Waals surface area contributed by atoms with E-state index in [-0.39, 0.29) is 4.88 Å². The zero-order chi connectivity index (χ0) is 17.1. The quantitative estimate of drug-likeness (QED) is 0.829. The summed E-state index contributed by atoms with van der Waals surface area (Å²) in [6, 6.07) is 1.60. The van der Waals surface area contributed by atoms with Crippen molar-refractivity contribution < 1.29 is 22.8 Å². The van der Waals surface area contributed by atoms with E-state index in [9.17, 15) is 22.8 Å². The Balaban J connectivity index is 3.02. The van der Waals surface area contributed by atoms with Crippen molar-refractivity contribution in [1.82, 2.24) is 9.80 Å². The molecular formula is C14H19F3N2O2S. The van der Waals surface area contributed by atoms with E-state index in [4.69, 9.17) is 0 Å². The fourth-order valence-electron chi connectivity index (χ4n) is 1.85. The van der Waals surface area contributed by atoms with E-state index in [1.807, 2.05) is 13.8 Å². The second kappa shape index (κ2) is 7.13. The molecular weight excluding hydrogens is 317 g/mol. The van der Waals surface area contributed by atoms with Crippen LogP contribution in [0.4, 0.5) is 13.2 Å². The maximum absolute atomic E-state index is 12.7. The van der Waals surface area contributed by atoms with Crippen LogP contribution >= 0.6 is 11.3 Å². The van der Waals surface area contributed by atoms with E-state index >= 15 is 0 Å². The fraction of sp³-hybridized carbons (Fsp3) is 0.571. The number of thiophene rings is 1. The van der Waals surface area contributed by atoms with Crippen LogP contribution in [0.2, 0.25) is 0 Å². The lowest BCUT2D eigenvalue weighted by Gasteiger charge is -2.24. The molecule has 4 nitrogen and oxygen atoms in total. The molecule has 0 bridgehead atoms. The van der Waals surface area contributed by atoms with Crippen molar-refractivity contribution >= 4 is 23.2 Å². The number of hydrogen-bond donors (Lipinski definition) is 0. The summed E-state index contributed by atoms with van der Waals surface area (Å²) in [5, 5.41) is 0. The van der Waals surface area contributed by atoms with Crippen molar-refractivity contribution in [2.24, 2.45) is 0 Å². The minimum absolute atomic E-state index is 0.227. The van der Waals surface area contributed by atoms with Gasteiger partial charge in [-0.25, -0.2) is 0 Å². The third kappa shape index (κ3) is 5.01. The van der Waals surface area contributed by atoms with Gasteiger partial charge in [-0.3, -0.25) is 9.59 Å². The topological polar surface area (TPSA) is 40.6 Å². The molecule has 1 heterocycles. The lowest BCUT2D eigenvalue weighted by molar-refractivity contribution is -0.146. The number of hydrogen-bond acceptors (Lipinski definition) is 3. The number of carbonyl (C=O) groups excluding carboxylic acids is 2. The van der Waals surface area contributed by atoms with Crippen LogP contribution in [-0.4, -0.2) is 55.0 Å². The van der Waals surface area contributed by atoms with Crippen molar-refractivity contribution in [3.8, 4) is 0 Å². The van der Waals surface area contributed by atoms with Gasteiger partial charge in [-0.1, -0.05) is 6.92 Å². The van der Waals surface area contributed by atoms with Gasteiger partial charge in [-0.15, -0.1) is 11.3 Å². The third-order valence-corrected chi connectivity index (χ3v) is 4.18. The standard InChI is InChI=1S/C14H19F3N2O2S/c1-5-10-6-11(22-9(10)2)13(21)19(8-14(15,16)17)7-12(20)18(3)4/h6H,5,7-8H2,1-4H3. The van der Waals surface area contributed by atoms with Gasteiger partial charge in [0.15, 0.2) is 0 Å². The molecule has 0 aromatic carbocycles. The zero-order valence-electron chi connectivity index (χ0n) is 13.0. The second-order valence-corrected chi connectivity index (χ2v) is 6.37. The van der Waals surface area contributed by atoms with Gasteiger partial charge in [0.2, 0.25) is 5.91 Å². The summed E-state index contributed by atoms with van der Waals surface area (Å²) in [6.45, 7) is 1.69. The Morgan fingerprint density at radius 3 is 2.27 bits per heavy atom. The summed E-state index contributed by atoms with van der Waals surface area (Å²) >= 11 is 1.15. The third-order valence-electron chi connectivity index (χ3n) is 3.09. The molecule has 124 valence electrons. The molecule has 8 heteroatoms. The average molecular weight is 336 g/mol. The summed E-state index contributed by atoms with van der Waals surface area (Å²) in [5.41, 5.74) is 0.930. The van der Waals surface area contributed by atoms with E-state index in [1.54, 1.807) is 6.07 Å². The van der Waals surface area contributed by atoms with E-state index < -0.39 is 31.1 Å². The maximum atomic E-state index is 12.7. The monoisotopic (exact) mass is 336 g/mol. The largest absolute Gasteiger partial charge is 0.406 e. The van der Waals surface area contributed by atoms with Crippen LogP contribution in [-0.2, 0) is 11.2 Å². The highest BCUT2D eigenvalue weighted by Crippen LogP contribution is 2.25. The minimum Gasteiger partial charge on any atom is -0.347 e. The predicted octanol–water partition coefficient (Wildman–Crippen LogP) is 2.71. The lowest BCUT2D eigenvalue weighted by Crippen LogP contribution is -2.44. The van der Waals surface area contributed by atoms with Crippen LogP contribution in [0.1, 0.15) is 27.0 Å². The highest BCUT2D eigenvalue weighted by atomic mass is 32.1. The van der Waals surface area contributed by atoms with Crippen molar-refractivity contribution in [3.05, 3.63) is 21.4 Å². The van der Waals surface area contributed by atoms with Crippen molar-refractivity contribution in [2.75, 3.05) is 27.2 Å². The first-order chi connectivity index (χ1) is 10.0. The van der Waals surface area contributed by atoms with Crippen molar-refractivity contribution in [3.63, 3.8) is 0 Å². The molecule has 0 radical (unpaired) electrons. The molecule has 0 aliphatic carbocycles. The molecule has 1 aromatic heterocycles. The molecule has 0 saturated carbocycles. The van der Waals surface area contributed by atoms with Gasteiger partial charge in [0.05, 0.1) is 4.88 Å². The number of aryl methyl sites for hydroxylation is 2. The van der Waals surface area contributed by atoms with E-state index in [1.165, 1.54) is 14.1 Å². The Hall–Kier alpha value is -1.57. The first-order valence-electron chi connectivity index (χ1n) is 6.70. The molecule has 1 rings (SSSR count). The predicted molar refractivity (Wildman–Crippen MR) is 79.1 cm³/mol. The average Bonchev–Trinajstić information content (AvgIpc) is 2.76. The Morgan fingerprint density at radius 2 is 1.86 bits per heavy atom. The number of amides is 2. The number of rotatable bonds is 5. The van der Waals surface area contributed by atoms with Crippen molar-refractivity contribution in [1.29, 1.82) is 0 Å². The molecule has 0 saturated heterocycles. The van der Waals surface area contributed by atoms with Gasteiger partial charge in [-0.05, 0) is 25.0 Å². The summed E-state index contributed by atoms with van der Waals surface area (Å²) in [4.78, 5) is 26.8. The number of likely N-dealkylation sites (N-methyl/N-ethyl adjacent to an activating group) is 1. The first kappa shape index (κ1) is 18.5. The Kier molecular flexibility index (Phi) is 5.99. The number of alkyl halides is 3. The number of halogens is 3. The van der Waals surface area contributed by atoms with Gasteiger partial charge < -0.3 is 9.80 Å². The van der Waals surface area contributed by atoms with Crippen LogP contribution in [0.3, 0.4) is 0 Å². The summed E-state index contributed by atoms with van der Waals surface area (Å²) in [6.07, 6.45) is -3.85. The van der Waals surface area contributed by atoms with Gasteiger partial charge in [0, 0.05) is 19.0 Å². The highest BCUT2D eigenvalue weighted by molar-refractivity contribution is 7.14. The Labute approximate surface area is 131 Å². The lowest BCUT2D eigenvalue weighted by atomic mass is 10.2. The molecule has 0 aliphatic heterocycles. The van der Waals surface area contributed by atoms with Gasteiger partial charge in [-0.2, -0.15) is 13.2 Å². The van der Waals surface area contributed by atoms with E-state index in [0.29, 0.717) is 11.3 Å². The molecule has 0 unspecified atom stereocenters. The van der Waals surface area contributed by atoms with E-state index in [2.05, 4.69) is 0 Å². The maximum Gasteiger partial charge on any atom is 0.406 e. The molecule has 1 aromatic rings. The zero-order valence-corrected chi connectivity index (χ0v) is 13.8. The van der Waals surface area contributed by atoms with Gasteiger partial charge in [0.25, 0.3) is 5.91 Å². The molecule has 0 N–H and O–H groups in total. The van der Waals surface area contributed by atoms with Crippen LogP contribution in [0.15, 0.2) is 6.07 Å². The molecule has 0 atom stereocenters. The smallest absolute Gasteiger partial charge is 0.347 e. The molecule has 2 amide bonds. The van der Waals surface area contributed by atoms with Crippen LogP contribution in [0.25, 0.3) is 0 Å². The van der Waals surface area contributed by atoms with Gasteiger partial charge >= 0.3 is 6.18 Å². The summed E-state index contributed by atoms with van der Waals surface area (Å²) < 4.78 is 38.0. The molecule has 0 aliphatic rings. The SMILES string of the molecule is CCc1cc(C(=O)N(CC(=O)N(C)C)CC(F)(F)F)sc1C. The summed E-state index contributed by atoms with van der Waals surface area (Å²) in [7, 11) is 2.87. The van der Waals surface area contributed by atoms with Gasteiger partial charge in [0.1, 0.15) is 13.1 Å².